The summed E-state index contributed by atoms with van der Waals surface area (Å²) in [4.78, 5) is 11.0. The molecule has 0 saturated heterocycles. The van der Waals surface area contributed by atoms with E-state index in [1.807, 2.05) is 0 Å². The molecule has 0 radical (unpaired) electrons. The first-order valence-corrected chi connectivity index (χ1v) is 11.1. The van der Waals surface area contributed by atoms with Crippen molar-refractivity contribution in [3.05, 3.63) is 63.1 Å². The molecular formula is C25H31BrO3. The van der Waals surface area contributed by atoms with Gasteiger partial charge in [0, 0.05) is 18.0 Å². The SMILES string of the molecule is COC(c1cc(COc2ccc3c(c2)C(CC=O)CCC3)ccc1Br)C(C)(C)C. The zero-order valence-electron chi connectivity index (χ0n) is 17.8. The van der Waals surface area contributed by atoms with Crippen molar-refractivity contribution in [3.8, 4) is 5.75 Å². The molecule has 1 aliphatic rings. The summed E-state index contributed by atoms with van der Waals surface area (Å²) in [5.41, 5.74) is 4.87. The Morgan fingerprint density at radius 1 is 1.21 bits per heavy atom. The van der Waals surface area contributed by atoms with Crippen LogP contribution < -0.4 is 4.74 Å². The van der Waals surface area contributed by atoms with Crippen molar-refractivity contribution in [1.82, 2.24) is 0 Å². The molecule has 2 unspecified atom stereocenters. The third-order valence-electron chi connectivity index (χ3n) is 5.71. The standard InChI is InChI=1S/C25H31BrO3/c1-25(2,3)24(28-4)22-14-17(8-11-23(22)26)16-29-20-10-9-18-6-5-7-19(12-13-27)21(18)15-20/h8-11,13-15,19,24H,5-7,12,16H2,1-4H3. The third kappa shape index (κ3) is 5.29. The smallest absolute Gasteiger partial charge is 0.120 e. The zero-order chi connectivity index (χ0) is 21.0. The highest BCUT2D eigenvalue weighted by Gasteiger charge is 2.28. The molecule has 2 aromatic rings. The van der Waals surface area contributed by atoms with E-state index in [1.165, 1.54) is 11.1 Å². The van der Waals surface area contributed by atoms with Crippen LogP contribution in [0.2, 0.25) is 0 Å². The number of benzene rings is 2. The first kappa shape index (κ1) is 22.0. The lowest BCUT2D eigenvalue weighted by atomic mass is 9.81. The van der Waals surface area contributed by atoms with E-state index >= 15 is 0 Å². The molecule has 0 amide bonds. The van der Waals surface area contributed by atoms with E-state index in [2.05, 4.69) is 73.1 Å². The molecule has 156 valence electrons. The molecule has 2 atom stereocenters. The number of carbonyl (C=O) groups is 1. The van der Waals surface area contributed by atoms with Crippen molar-refractivity contribution in [3.63, 3.8) is 0 Å². The molecule has 0 spiro atoms. The minimum absolute atomic E-state index is 0.00957. The van der Waals surface area contributed by atoms with Gasteiger partial charge < -0.3 is 14.3 Å². The third-order valence-corrected chi connectivity index (χ3v) is 6.43. The van der Waals surface area contributed by atoms with E-state index in [1.54, 1.807) is 7.11 Å². The lowest BCUT2D eigenvalue weighted by Gasteiger charge is -2.30. The van der Waals surface area contributed by atoms with Gasteiger partial charge in [0.1, 0.15) is 18.6 Å². The van der Waals surface area contributed by atoms with Crippen LogP contribution >= 0.6 is 15.9 Å². The Kier molecular flexibility index (Phi) is 7.18. The Morgan fingerprint density at radius 3 is 2.69 bits per heavy atom. The fourth-order valence-electron chi connectivity index (χ4n) is 4.32. The quantitative estimate of drug-likeness (QED) is 0.429. The summed E-state index contributed by atoms with van der Waals surface area (Å²) in [5.74, 6) is 1.19. The van der Waals surface area contributed by atoms with E-state index in [-0.39, 0.29) is 11.5 Å². The molecular weight excluding hydrogens is 428 g/mol. The lowest BCUT2D eigenvalue weighted by Crippen LogP contribution is -2.20. The van der Waals surface area contributed by atoms with Crippen LogP contribution in [0.25, 0.3) is 0 Å². The van der Waals surface area contributed by atoms with Gasteiger partial charge in [-0.25, -0.2) is 0 Å². The predicted molar refractivity (Wildman–Crippen MR) is 120 cm³/mol. The Balaban J connectivity index is 1.78. The second-order valence-electron chi connectivity index (χ2n) is 8.98. The van der Waals surface area contributed by atoms with Gasteiger partial charge in [0.25, 0.3) is 0 Å². The monoisotopic (exact) mass is 458 g/mol. The maximum atomic E-state index is 11.0. The summed E-state index contributed by atoms with van der Waals surface area (Å²) in [6.07, 6.45) is 4.95. The van der Waals surface area contributed by atoms with E-state index in [9.17, 15) is 4.79 Å². The number of rotatable bonds is 7. The van der Waals surface area contributed by atoms with Gasteiger partial charge in [-0.2, -0.15) is 0 Å². The van der Waals surface area contributed by atoms with E-state index < -0.39 is 0 Å². The van der Waals surface area contributed by atoms with Gasteiger partial charge >= 0.3 is 0 Å². The van der Waals surface area contributed by atoms with Crippen LogP contribution in [0.15, 0.2) is 40.9 Å². The normalized spacial score (nSPS) is 17.5. The molecule has 4 heteroatoms. The van der Waals surface area contributed by atoms with Gasteiger partial charge in [0.2, 0.25) is 0 Å². The van der Waals surface area contributed by atoms with Crippen LogP contribution in [0.4, 0.5) is 0 Å². The number of aldehydes is 1. The number of aryl methyl sites for hydroxylation is 1. The maximum Gasteiger partial charge on any atom is 0.120 e. The summed E-state index contributed by atoms with van der Waals surface area (Å²) in [5, 5.41) is 0. The molecule has 3 nitrogen and oxygen atoms in total. The number of hydrogen-bond donors (Lipinski definition) is 0. The minimum atomic E-state index is -0.0111. The molecule has 1 aliphatic carbocycles. The highest BCUT2D eigenvalue weighted by atomic mass is 79.9. The maximum absolute atomic E-state index is 11.0. The minimum Gasteiger partial charge on any atom is -0.489 e. The molecule has 0 saturated carbocycles. The van der Waals surface area contributed by atoms with Crippen LogP contribution in [0.5, 0.6) is 5.75 Å². The first-order valence-electron chi connectivity index (χ1n) is 10.3. The van der Waals surface area contributed by atoms with E-state index in [0.29, 0.717) is 18.9 Å². The lowest BCUT2D eigenvalue weighted by molar-refractivity contribution is -0.108. The Bertz CT molecular complexity index is 854. The van der Waals surface area contributed by atoms with Crippen LogP contribution in [-0.4, -0.2) is 13.4 Å². The molecule has 0 bridgehead atoms. The number of methoxy groups -OCH3 is 1. The van der Waals surface area contributed by atoms with Gasteiger partial charge in [-0.05, 0) is 77.1 Å². The average Bonchev–Trinajstić information content (AvgIpc) is 2.68. The first-order chi connectivity index (χ1) is 13.8. The molecule has 0 aromatic heterocycles. The summed E-state index contributed by atoms with van der Waals surface area (Å²) in [6, 6.07) is 12.7. The van der Waals surface area contributed by atoms with Gasteiger partial charge in [-0.1, -0.05) is 48.8 Å². The van der Waals surface area contributed by atoms with Crippen molar-refractivity contribution in [1.29, 1.82) is 0 Å². The summed E-state index contributed by atoms with van der Waals surface area (Å²) in [7, 11) is 1.76. The number of fused-ring (bicyclic) bond motifs is 1. The van der Waals surface area contributed by atoms with Crippen molar-refractivity contribution >= 4 is 22.2 Å². The number of ether oxygens (including phenoxy) is 2. The second-order valence-corrected chi connectivity index (χ2v) is 9.83. The fourth-order valence-corrected chi connectivity index (χ4v) is 4.78. The zero-order valence-corrected chi connectivity index (χ0v) is 19.4. The van der Waals surface area contributed by atoms with Crippen LogP contribution in [0.3, 0.4) is 0 Å². The average molecular weight is 459 g/mol. The topological polar surface area (TPSA) is 35.5 Å². The Hall–Kier alpha value is -1.65. The fraction of sp³-hybridized carbons (Fsp3) is 0.480. The van der Waals surface area contributed by atoms with Gasteiger partial charge in [0.05, 0.1) is 6.10 Å². The van der Waals surface area contributed by atoms with Crippen LogP contribution in [0, 0.1) is 5.41 Å². The van der Waals surface area contributed by atoms with Gasteiger partial charge in [0.15, 0.2) is 0 Å². The number of hydrogen-bond acceptors (Lipinski definition) is 3. The van der Waals surface area contributed by atoms with E-state index in [4.69, 9.17) is 9.47 Å². The van der Waals surface area contributed by atoms with Crippen LogP contribution in [-0.2, 0) is 22.6 Å². The number of halogens is 1. The molecule has 2 aromatic carbocycles. The molecule has 0 fully saturated rings. The van der Waals surface area contributed by atoms with Crippen molar-refractivity contribution in [2.75, 3.05) is 7.11 Å². The number of carbonyl (C=O) groups excluding carboxylic acids is 1. The van der Waals surface area contributed by atoms with Gasteiger partial charge in [-0.3, -0.25) is 0 Å². The summed E-state index contributed by atoms with van der Waals surface area (Å²) in [6.45, 7) is 7.04. The van der Waals surface area contributed by atoms with Gasteiger partial charge in [-0.15, -0.1) is 0 Å². The summed E-state index contributed by atoms with van der Waals surface area (Å²) < 4.78 is 13.0. The molecule has 0 aliphatic heterocycles. The summed E-state index contributed by atoms with van der Waals surface area (Å²) >= 11 is 3.67. The molecule has 29 heavy (non-hydrogen) atoms. The Morgan fingerprint density at radius 2 is 2.00 bits per heavy atom. The van der Waals surface area contributed by atoms with Crippen molar-refractivity contribution in [2.45, 2.75) is 65.1 Å². The van der Waals surface area contributed by atoms with Crippen molar-refractivity contribution < 1.29 is 14.3 Å². The Labute approximate surface area is 182 Å². The highest BCUT2D eigenvalue weighted by molar-refractivity contribution is 9.10. The predicted octanol–water partition coefficient (Wildman–Crippen LogP) is 6.77. The molecule has 3 rings (SSSR count). The van der Waals surface area contributed by atoms with Crippen LogP contribution in [0.1, 0.15) is 74.3 Å². The highest BCUT2D eigenvalue weighted by Crippen LogP contribution is 2.39. The second kappa shape index (κ2) is 9.44. The van der Waals surface area contributed by atoms with Crippen molar-refractivity contribution in [2.24, 2.45) is 5.41 Å². The largest absolute Gasteiger partial charge is 0.489 e. The molecule has 0 heterocycles. The van der Waals surface area contributed by atoms with E-state index in [0.717, 1.165) is 46.9 Å². The molecule has 0 N–H and O–H groups in total.